The highest BCUT2D eigenvalue weighted by Gasteiger charge is 2.41. The molecule has 0 aliphatic heterocycles. The van der Waals surface area contributed by atoms with Crippen molar-refractivity contribution in [2.45, 2.75) is 23.3 Å². The van der Waals surface area contributed by atoms with Gasteiger partial charge >= 0.3 is 0 Å². The summed E-state index contributed by atoms with van der Waals surface area (Å²) < 4.78 is 12.7. The minimum Gasteiger partial charge on any atom is -0.394 e. The maximum atomic E-state index is 12.7. The molecule has 0 saturated heterocycles. The second-order valence-corrected chi connectivity index (χ2v) is 5.46. The number of aliphatic hydroxyl groups excluding tert-OH is 1. The molecule has 0 amide bonds. The van der Waals surface area contributed by atoms with Crippen LogP contribution >= 0.6 is 11.8 Å². The molecule has 1 unspecified atom stereocenters. The first-order chi connectivity index (χ1) is 7.64. The van der Waals surface area contributed by atoms with Crippen molar-refractivity contribution < 1.29 is 9.50 Å². The lowest BCUT2D eigenvalue weighted by Gasteiger charge is -2.26. The summed E-state index contributed by atoms with van der Waals surface area (Å²) in [6.07, 6.45) is 2.22. The van der Waals surface area contributed by atoms with E-state index in [1.165, 1.54) is 12.1 Å². The molecular weight excluding hydrogens is 225 g/mol. The molecule has 88 valence electrons. The van der Waals surface area contributed by atoms with Crippen LogP contribution in [0.3, 0.4) is 0 Å². The van der Waals surface area contributed by atoms with Crippen molar-refractivity contribution in [3.63, 3.8) is 0 Å². The fraction of sp³-hybridized carbons (Fsp3) is 0.500. The highest BCUT2D eigenvalue weighted by molar-refractivity contribution is 7.99. The molecule has 0 radical (unpaired) electrons. The predicted molar refractivity (Wildman–Crippen MR) is 63.9 cm³/mol. The number of thioether (sulfide) groups is 1. The number of nitrogens with two attached hydrogens (primary N) is 1. The topological polar surface area (TPSA) is 46.2 Å². The Bertz CT molecular complexity index is 353. The lowest BCUT2D eigenvalue weighted by Crippen LogP contribution is -2.48. The van der Waals surface area contributed by atoms with Gasteiger partial charge in [0.25, 0.3) is 0 Å². The predicted octanol–water partition coefficient (Wildman–Crippen LogP) is 2.02. The minimum absolute atomic E-state index is 0.0197. The van der Waals surface area contributed by atoms with Crippen LogP contribution < -0.4 is 5.73 Å². The first-order valence-electron chi connectivity index (χ1n) is 5.42. The molecule has 0 aromatic heterocycles. The van der Waals surface area contributed by atoms with Crippen LogP contribution in [0.1, 0.15) is 12.8 Å². The summed E-state index contributed by atoms with van der Waals surface area (Å²) >= 11 is 1.58. The Morgan fingerprint density at radius 3 is 2.50 bits per heavy atom. The van der Waals surface area contributed by atoms with Gasteiger partial charge in [0.1, 0.15) is 5.82 Å². The van der Waals surface area contributed by atoms with Gasteiger partial charge in [0.2, 0.25) is 0 Å². The van der Waals surface area contributed by atoms with Gasteiger partial charge < -0.3 is 10.8 Å². The molecule has 1 saturated carbocycles. The highest BCUT2D eigenvalue weighted by atomic mass is 32.2. The van der Waals surface area contributed by atoms with Gasteiger partial charge in [0.15, 0.2) is 0 Å². The van der Waals surface area contributed by atoms with Crippen LogP contribution in [0, 0.1) is 11.7 Å². The molecular formula is C12H16FNOS. The molecule has 1 aliphatic carbocycles. The molecule has 0 spiro atoms. The van der Waals surface area contributed by atoms with E-state index in [9.17, 15) is 9.50 Å². The average molecular weight is 241 g/mol. The second kappa shape index (κ2) is 4.73. The minimum atomic E-state index is -0.473. The molecule has 1 aromatic rings. The molecule has 1 aliphatic rings. The summed E-state index contributed by atoms with van der Waals surface area (Å²) in [5.74, 6) is 0.901. The summed E-state index contributed by atoms with van der Waals surface area (Å²) in [5, 5.41) is 9.32. The van der Waals surface area contributed by atoms with Crippen LogP contribution in [0.4, 0.5) is 4.39 Å². The molecule has 0 bridgehead atoms. The van der Waals surface area contributed by atoms with E-state index in [-0.39, 0.29) is 12.4 Å². The number of aliphatic hydroxyl groups is 1. The van der Waals surface area contributed by atoms with Crippen molar-refractivity contribution in [3.05, 3.63) is 30.1 Å². The van der Waals surface area contributed by atoms with E-state index in [0.29, 0.717) is 11.7 Å². The summed E-state index contributed by atoms with van der Waals surface area (Å²) in [6, 6.07) is 6.36. The van der Waals surface area contributed by atoms with E-state index in [0.717, 1.165) is 17.7 Å². The van der Waals surface area contributed by atoms with Crippen molar-refractivity contribution >= 4 is 11.8 Å². The fourth-order valence-corrected chi connectivity index (χ4v) is 2.79. The van der Waals surface area contributed by atoms with Crippen LogP contribution in [-0.2, 0) is 0 Å². The van der Waals surface area contributed by atoms with E-state index in [1.54, 1.807) is 23.9 Å². The molecule has 1 atom stereocenters. The van der Waals surface area contributed by atoms with Crippen molar-refractivity contribution in [3.8, 4) is 0 Å². The Morgan fingerprint density at radius 2 is 2.00 bits per heavy atom. The summed E-state index contributed by atoms with van der Waals surface area (Å²) in [5.41, 5.74) is 5.66. The van der Waals surface area contributed by atoms with Gasteiger partial charge in [-0.25, -0.2) is 4.39 Å². The normalized spacial score (nSPS) is 19.4. The van der Waals surface area contributed by atoms with Gasteiger partial charge in [-0.15, -0.1) is 11.8 Å². The van der Waals surface area contributed by atoms with Crippen LogP contribution in [0.5, 0.6) is 0 Å². The van der Waals surface area contributed by atoms with Gasteiger partial charge in [-0.3, -0.25) is 0 Å². The molecule has 3 N–H and O–H groups in total. The van der Waals surface area contributed by atoms with Gasteiger partial charge in [0, 0.05) is 10.6 Å². The van der Waals surface area contributed by atoms with Crippen molar-refractivity contribution in [2.24, 2.45) is 11.7 Å². The van der Waals surface area contributed by atoms with E-state index in [2.05, 4.69) is 0 Å². The zero-order valence-corrected chi connectivity index (χ0v) is 9.84. The van der Waals surface area contributed by atoms with E-state index >= 15 is 0 Å². The Hall–Kier alpha value is -0.580. The highest BCUT2D eigenvalue weighted by Crippen LogP contribution is 2.40. The first-order valence-corrected chi connectivity index (χ1v) is 6.41. The SMILES string of the molecule is NC(CO)(CSc1ccc(F)cc1)C1CC1. The molecule has 2 nitrogen and oxygen atoms in total. The smallest absolute Gasteiger partial charge is 0.123 e. The van der Waals surface area contributed by atoms with E-state index < -0.39 is 5.54 Å². The second-order valence-electron chi connectivity index (χ2n) is 4.41. The fourth-order valence-electron chi connectivity index (χ4n) is 1.70. The number of benzene rings is 1. The molecule has 1 aromatic carbocycles. The zero-order valence-electron chi connectivity index (χ0n) is 9.03. The first kappa shape index (κ1) is 11.9. The quantitative estimate of drug-likeness (QED) is 0.775. The van der Waals surface area contributed by atoms with Crippen LogP contribution in [0.15, 0.2) is 29.2 Å². The Morgan fingerprint density at radius 1 is 1.38 bits per heavy atom. The van der Waals surface area contributed by atoms with Gasteiger partial charge in [-0.1, -0.05) is 0 Å². The van der Waals surface area contributed by atoms with Gasteiger partial charge in [-0.2, -0.15) is 0 Å². The Balaban J connectivity index is 1.92. The van der Waals surface area contributed by atoms with Crippen LogP contribution in [-0.4, -0.2) is 23.0 Å². The number of rotatable bonds is 5. The van der Waals surface area contributed by atoms with Crippen LogP contribution in [0.25, 0.3) is 0 Å². The largest absolute Gasteiger partial charge is 0.394 e. The molecule has 2 rings (SSSR count). The summed E-state index contributed by atoms with van der Waals surface area (Å²) in [6.45, 7) is 0.0197. The third kappa shape index (κ3) is 2.75. The van der Waals surface area contributed by atoms with Gasteiger partial charge in [-0.05, 0) is 43.0 Å². The average Bonchev–Trinajstić information content (AvgIpc) is 3.12. The maximum Gasteiger partial charge on any atom is 0.123 e. The number of halogens is 1. The third-order valence-electron chi connectivity index (χ3n) is 3.01. The standard InChI is InChI=1S/C12H16FNOS/c13-10-3-5-11(6-4-10)16-8-12(14,7-15)9-1-2-9/h3-6,9,15H,1-2,7-8,14H2. The lowest BCUT2D eigenvalue weighted by molar-refractivity contribution is 0.194. The van der Waals surface area contributed by atoms with Crippen molar-refractivity contribution in [2.75, 3.05) is 12.4 Å². The van der Waals surface area contributed by atoms with Crippen LogP contribution in [0.2, 0.25) is 0 Å². The Labute approximate surface area is 99.0 Å². The summed E-state index contributed by atoms with van der Waals surface area (Å²) in [7, 11) is 0. The van der Waals surface area contributed by atoms with Crippen molar-refractivity contribution in [1.29, 1.82) is 0 Å². The van der Waals surface area contributed by atoms with Crippen molar-refractivity contribution in [1.82, 2.24) is 0 Å². The zero-order chi connectivity index (χ0) is 11.6. The number of hydrogen-bond donors (Lipinski definition) is 2. The molecule has 16 heavy (non-hydrogen) atoms. The van der Waals surface area contributed by atoms with E-state index in [4.69, 9.17) is 5.73 Å². The summed E-state index contributed by atoms with van der Waals surface area (Å²) in [4.78, 5) is 0.991. The van der Waals surface area contributed by atoms with Gasteiger partial charge in [0.05, 0.1) is 12.1 Å². The maximum absolute atomic E-state index is 12.7. The number of hydrogen-bond acceptors (Lipinski definition) is 3. The monoisotopic (exact) mass is 241 g/mol. The molecule has 4 heteroatoms. The van der Waals surface area contributed by atoms with E-state index in [1.807, 2.05) is 0 Å². The molecule has 1 fully saturated rings. The third-order valence-corrected chi connectivity index (χ3v) is 4.29. The Kier molecular flexibility index (Phi) is 3.52. The molecule has 0 heterocycles. The lowest BCUT2D eigenvalue weighted by atomic mass is 9.99.